The van der Waals surface area contributed by atoms with E-state index in [4.69, 9.17) is 0 Å². The molecule has 0 saturated heterocycles. The fourth-order valence-corrected chi connectivity index (χ4v) is 2.06. The van der Waals surface area contributed by atoms with E-state index in [9.17, 15) is 0 Å². The third-order valence-electron chi connectivity index (χ3n) is 2.35. The number of halogens is 2. The molecule has 0 atom stereocenters. The summed E-state index contributed by atoms with van der Waals surface area (Å²) in [4.78, 5) is 0. The van der Waals surface area contributed by atoms with Crippen molar-refractivity contribution < 1.29 is 0 Å². The highest BCUT2D eigenvalue weighted by Crippen LogP contribution is 2.26. The average molecular weight is 326 g/mol. The summed E-state index contributed by atoms with van der Waals surface area (Å²) >= 11 is 6.98. The maximum absolute atomic E-state index is 3.55. The fourth-order valence-electron chi connectivity index (χ4n) is 1.41. The Balaban J connectivity index is 2.45. The topological polar surface area (TPSA) is 0 Å². The maximum Gasteiger partial charge on any atom is 0.0210 e. The maximum atomic E-state index is 3.55. The van der Waals surface area contributed by atoms with Gasteiger partial charge in [-0.25, -0.2) is 0 Å². The third kappa shape index (κ3) is 2.50. The van der Waals surface area contributed by atoms with Crippen LogP contribution in [0.25, 0.3) is 11.1 Å². The first kappa shape index (κ1) is 10.9. The molecule has 2 aromatic rings. The molecule has 0 aliphatic heterocycles. The van der Waals surface area contributed by atoms with Crippen molar-refractivity contribution in [1.29, 1.82) is 0 Å². The average Bonchev–Trinajstić information content (AvgIpc) is 2.23. The van der Waals surface area contributed by atoms with Gasteiger partial charge in [0.15, 0.2) is 0 Å². The second-order valence-corrected chi connectivity index (χ2v) is 5.24. The van der Waals surface area contributed by atoms with Gasteiger partial charge in [-0.2, -0.15) is 0 Å². The first-order valence-electron chi connectivity index (χ1n) is 4.69. The number of benzene rings is 2. The Labute approximate surface area is 107 Å². The minimum Gasteiger partial charge on any atom is -0.0576 e. The highest BCUT2D eigenvalue weighted by atomic mass is 79.9. The summed E-state index contributed by atoms with van der Waals surface area (Å²) in [5.74, 6) is 0. The van der Waals surface area contributed by atoms with Crippen molar-refractivity contribution in [2.75, 3.05) is 0 Å². The lowest BCUT2D eigenvalue weighted by Crippen LogP contribution is -1.80. The first-order valence-corrected chi connectivity index (χ1v) is 6.27. The lowest BCUT2D eigenvalue weighted by molar-refractivity contribution is 1.43. The zero-order valence-corrected chi connectivity index (χ0v) is 11.5. The summed E-state index contributed by atoms with van der Waals surface area (Å²) < 4.78 is 2.26. The molecule has 0 bridgehead atoms. The number of hydrogen-bond acceptors (Lipinski definition) is 0. The summed E-state index contributed by atoms with van der Waals surface area (Å²) in [6, 6.07) is 14.8. The minimum absolute atomic E-state index is 1.11. The largest absolute Gasteiger partial charge is 0.0576 e. The normalized spacial score (nSPS) is 10.3. The zero-order valence-electron chi connectivity index (χ0n) is 8.30. The number of rotatable bonds is 1. The Morgan fingerprint density at radius 3 is 2.00 bits per heavy atom. The molecule has 0 aliphatic carbocycles. The van der Waals surface area contributed by atoms with Gasteiger partial charge >= 0.3 is 0 Å². The molecule has 0 N–H and O–H groups in total. The lowest BCUT2D eigenvalue weighted by Gasteiger charge is -2.04. The molecule has 0 aromatic heterocycles. The van der Waals surface area contributed by atoms with Gasteiger partial charge in [0, 0.05) is 8.95 Å². The molecule has 0 spiro atoms. The molecule has 0 unspecified atom stereocenters. The Bertz CT molecular complexity index is 472. The van der Waals surface area contributed by atoms with E-state index in [1.807, 2.05) is 0 Å². The van der Waals surface area contributed by atoms with Crippen molar-refractivity contribution in [2.24, 2.45) is 0 Å². The zero-order chi connectivity index (χ0) is 10.8. The van der Waals surface area contributed by atoms with Gasteiger partial charge < -0.3 is 0 Å². The predicted molar refractivity (Wildman–Crippen MR) is 72.0 cm³/mol. The molecule has 0 saturated carbocycles. The Kier molecular flexibility index (Phi) is 3.27. The van der Waals surface area contributed by atoms with Crippen LogP contribution in [0, 0.1) is 6.92 Å². The van der Waals surface area contributed by atoms with Crippen molar-refractivity contribution >= 4 is 31.9 Å². The van der Waals surface area contributed by atoms with E-state index in [1.54, 1.807) is 0 Å². The fraction of sp³-hybridized carbons (Fsp3) is 0.0769. The van der Waals surface area contributed by atoms with Crippen LogP contribution in [0.2, 0.25) is 0 Å². The van der Waals surface area contributed by atoms with Gasteiger partial charge in [-0.15, -0.1) is 0 Å². The van der Waals surface area contributed by atoms with Crippen molar-refractivity contribution in [2.45, 2.75) is 6.92 Å². The molecule has 0 aliphatic rings. The van der Waals surface area contributed by atoms with E-state index < -0.39 is 0 Å². The van der Waals surface area contributed by atoms with E-state index in [1.165, 1.54) is 16.7 Å². The molecule has 0 heterocycles. The lowest BCUT2D eigenvalue weighted by atomic mass is 10.0. The van der Waals surface area contributed by atoms with Crippen molar-refractivity contribution in [3.8, 4) is 11.1 Å². The van der Waals surface area contributed by atoms with Gasteiger partial charge in [-0.1, -0.05) is 56.1 Å². The van der Waals surface area contributed by atoms with Crippen LogP contribution in [0.3, 0.4) is 0 Å². The van der Waals surface area contributed by atoms with Crippen molar-refractivity contribution in [3.05, 3.63) is 57.0 Å². The molecular formula is C13H10Br2. The molecule has 15 heavy (non-hydrogen) atoms. The molecular weight excluding hydrogens is 316 g/mol. The van der Waals surface area contributed by atoms with Crippen LogP contribution in [-0.2, 0) is 0 Å². The number of aryl methyl sites for hydroxylation is 1. The van der Waals surface area contributed by atoms with Crippen LogP contribution < -0.4 is 0 Å². The Hall–Kier alpha value is -0.600. The highest BCUT2D eigenvalue weighted by Gasteiger charge is 2.00. The molecule has 2 aromatic carbocycles. The molecule has 0 nitrogen and oxygen atoms in total. The van der Waals surface area contributed by atoms with Crippen molar-refractivity contribution in [1.82, 2.24) is 0 Å². The van der Waals surface area contributed by atoms with Crippen LogP contribution in [0.5, 0.6) is 0 Å². The summed E-state index contributed by atoms with van der Waals surface area (Å²) in [5.41, 5.74) is 3.73. The van der Waals surface area contributed by atoms with Crippen LogP contribution in [0.1, 0.15) is 5.56 Å². The van der Waals surface area contributed by atoms with Gasteiger partial charge in [0.1, 0.15) is 0 Å². The van der Waals surface area contributed by atoms with Gasteiger partial charge in [0.2, 0.25) is 0 Å². The van der Waals surface area contributed by atoms with E-state index in [0.29, 0.717) is 0 Å². The predicted octanol–water partition coefficient (Wildman–Crippen LogP) is 5.19. The van der Waals surface area contributed by atoms with Crippen LogP contribution in [-0.4, -0.2) is 0 Å². The van der Waals surface area contributed by atoms with Gasteiger partial charge in [-0.05, 0) is 41.8 Å². The first-order chi connectivity index (χ1) is 7.16. The molecule has 0 fully saturated rings. The number of hydrogen-bond donors (Lipinski definition) is 0. The minimum atomic E-state index is 1.11. The van der Waals surface area contributed by atoms with Gasteiger partial charge in [-0.3, -0.25) is 0 Å². The summed E-state index contributed by atoms with van der Waals surface area (Å²) in [6.45, 7) is 2.09. The van der Waals surface area contributed by atoms with E-state index in [0.717, 1.165) is 8.95 Å². The van der Waals surface area contributed by atoms with Gasteiger partial charge in [0.05, 0.1) is 0 Å². The quantitative estimate of drug-likeness (QED) is 0.677. The van der Waals surface area contributed by atoms with E-state index in [-0.39, 0.29) is 0 Å². The van der Waals surface area contributed by atoms with Gasteiger partial charge in [0.25, 0.3) is 0 Å². The highest BCUT2D eigenvalue weighted by molar-refractivity contribution is 9.10. The van der Waals surface area contributed by atoms with Crippen LogP contribution >= 0.6 is 31.9 Å². The van der Waals surface area contributed by atoms with E-state index in [2.05, 4.69) is 81.2 Å². The SMILES string of the molecule is Cc1ccc(-c2ccc(Br)cc2)cc1Br. The molecule has 0 amide bonds. The van der Waals surface area contributed by atoms with E-state index >= 15 is 0 Å². The summed E-state index contributed by atoms with van der Waals surface area (Å²) in [5, 5.41) is 0. The molecule has 2 heteroatoms. The second kappa shape index (κ2) is 4.50. The standard InChI is InChI=1S/C13H10Br2/c1-9-2-3-11(8-13(9)15)10-4-6-12(14)7-5-10/h2-8H,1H3. The third-order valence-corrected chi connectivity index (χ3v) is 3.73. The molecule has 76 valence electrons. The second-order valence-electron chi connectivity index (χ2n) is 3.47. The molecule has 2 rings (SSSR count). The van der Waals surface area contributed by atoms with Crippen LogP contribution in [0.4, 0.5) is 0 Å². The Morgan fingerprint density at radius 1 is 0.800 bits per heavy atom. The monoisotopic (exact) mass is 324 g/mol. The summed E-state index contributed by atoms with van der Waals surface area (Å²) in [6.07, 6.45) is 0. The van der Waals surface area contributed by atoms with Crippen LogP contribution in [0.15, 0.2) is 51.4 Å². The molecule has 0 radical (unpaired) electrons. The van der Waals surface area contributed by atoms with Crippen molar-refractivity contribution in [3.63, 3.8) is 0 Å². The smallest absolute Gasteiger partial charge is 0.0210 e. The summed E-state index contributed by atoms with van der Waals surface area (Å²) in [7, 11) is 0. The Morgan fingerprint density at radius 2 is 1.40 bits per heavy atom.